The Hall–Kier alpha value is -1.38. The van der Waals surface area contributed by atoms with Crippen molar-refractivity contribution in [2.24, 2.45) is 0 Å². The molecule has 0 N–H and O–H groups in total. The van der Waals surface area contributed by atoms with Gasteiger partial charge in [0.2, 0.25) is 5.91 Å². The second-order valence-electron chi connectivity index (χ2n) is 3.73. The first-order valence-electron chi connectivity index (χ1n) is 6.36. The molecule has 17 heavy (non-hydrogen) atoms. The number of rotatable bonds is 0. The first-order valence-corrected chi connectivity index (χ1v) is 6.36. The zero-order chi connectivity index (χ0) is 13.3. The minimum atomic E-state index is 0.131. The Morgan fingerprint density at radius 1 is 1.29 bits per heavy atom. The number of carbonyl (C=O) groups excluding carboxylic acids is 1. The van der Waals surface area contributed by atoms with Gasteiger partial charge in [-0.25, -0.2) is 0 Å². The van der Waals surface area contributed by atoms with Crippen molar-refractivity contribution in [2.45, 2.75) is 54.1 Å². The van der Waals surface area contributed by atoms with Gasteiger partial charge in [-0.2, -0.15) is 0 Å². The molecule has 2 heterocycles. The van der Waals surface area contributed by atoms with Crippen LogP contribution < -0.4 is 0 Å². The fraction of sp³-hybridized carbons (Fsp3) is 0.571. The Balaban J connectivity index is 0.000000450. The summed E-state index contributed by atoms with van der Waals surface area (Å²) >= 11 is 0. The quantitative estimate of drug-likeness (QED) is 0.692. The van der Waals surface area contributed by atoms with E-state index in [4.69, 9.17) is 0 Å². The first kappa shape index (κ1) is 15.6. The Morgan fingerprint density at radius 3 is 2.29 bits per heavy atom. The Bertz CT molecular complexity index is 312. The fourth-order valence-corrected chi connectivity index (χ4v) is 1.44. The predicted molar refractivity (Wildman–Crippen MR) is 71.5 cm³/mol. The topological polar surface area (TPSA) is 33.2 Å². The predicted octanol–water partition coefficient (Wildman–Crippen LogP) is 3.39. The molecule has 0 bridgehead atoms. The lowest BCUT2D eigenvalue weighted by Gasteiger charge is -2.10. The van der Waals surface area contributed by atoms with Crippen LogP contribution in [0.15, 0.2) is 18.5 Å². The van der Waals surface area contributed by atoms with Gasteiger partial charge < -0.3 is 4.90 Å². The molecule has 1 aromatic heterocycles. The van der Waals surface area contributed by atoms with Gasteiger partial charge >= 0.3 is 0 Å². The van der Waals surface area contributed by atoms with E-state index >= 15 is 0 Å². The average molecular weight is 236 g/mol. The second kappa shape index (κ2) is 8.74. The van der Waals surface area contributed by atoms with Gasteiger partial charge in [-0.15, -0.1) is 0 Å². The van der Waals surface area contributed by atoms with Crippen LogP contribution in [0, 0.1) is 0 Å². The molecule has 0 radical (unpaired) electrons. The second-order valence-corrected chi connectivity index (χ2v) is 3.73. The monoisotopic (exact) mass is 236 g/mol. The molecule has 3 heteroatoms. The molecule has 1 aliphatic heterocycles. The highest BCUT2D eigenvalue weighted by molar-refractivity contribution is 5.74. The van der Waals surface area contributed by atoms with Crippen molar-refractivity contribution < 1.29 is 4.79 Å². The lowest BCUT2D eigenvalue weighted by Crippen LogP contribution is -2.21. The minimum absolute atomic E-state index is 0.131. The minimum Gasteiger partial charge on any atom is -0.334 e. The van der Waals surface area contributed by atoms with Gasteiger partial charge in [-0.05, 0) is 17.2 Å². The molecular formula is C14H24N2O. The van der Waals surface area contributed by atoms with Crippen molar-refractivity contribution >= 4 is 5.91 Å². The summed E-state index contributed by atoms with van der Waals surface area (Å²) in [5, 5.41) is 0. The van der Waals surface area contributed by atoms with E-state index in [0.717, 1.165) is 13.1 Å². The number of pyridine rings is 1. The molecule has 0 saturated heterocycles. The maximum absolute atomic E-state index is 11.0. The van der Waals surface area contributed by atoms with Crippen molar-refractivity contribution in [3.63, 3.8) is 0 Å². The van der Waals surface area contributed by atoms with E-state index in [9.17, 15) is 4.79 Å². The van der Waals surface area contributed by atoms with Crippen molar-refractivity contribution in [1.82, 2.24) is 9.88 Å². The van der Waals surface area contributed by atoms with E-state index in [2.05, 4.69) is 18.8 Å². The molecule has 0 unspecified atom stereocenters. The van der Waals surface area contributed by atoms with Crippen molar-refractivity contribution in [3.8, 4) is 0 Å². The van der Waals surface area contributed by atoms with E-state index in [0.29, 0.717) is 0 Å². The van der Waals surface area contributed by atoms with Gasteiger partial charge in [0.25, 0.3) is 0 Å². The van der Waals surface area contributed by atoms with Crippen LogP contribution in [0.1, 0.15) is 52.2 Å². The lowest BCUT2D eigenvalue weighted by molar-refractivity contribution is -0.129. The molecule has 2 rings (SSSR count). The van der Waals surface area contributed by atoms with Gasteiger partial charge in [0.05, 0.1) is 0 Å². The molecule has 0 saturated carbocycles. The summed E-state index contributed by atoms with van der Waals surface area (Å²) in [5.41, 5.74) is 2.40. The highest BCUT2D eigenvalue weighted by atomic mass is 16.2. The van der Waals surface area contributed by atoms with E-state index in [1.807, 2.05) is 31.0 Å². The maximum Gasteiger partial charge on any atom is 0.220 e. The van der Waals surface area contributed by atoms with E-state index in [1.165, 1.54) is 17.5 Å². The van der Waals surface area contributed by atoms with Gasteiger partial charge in [-0.1, -0.05) is 34.1 Å². The summed E-state index contributed by atoms with van der Waals surface area (Å²) in [6.45, 7) is 11.3. The van der Waals surface area contributed by atoms with Crippen LogP contribution in [0.25, 0.3) is 0 Å². The Labute approximate surface area is 105 Å². The summed E-state index contributed by atoms with van der Waals surface area (Å²) in [6, 6.07) is 1.97. The molecule has 96 valence electrons. The largest absolute Gasteiger partial charge is 0.334 e. The number of fused-ring (bicyclic) bond motifs is 1. The zero-order valence-electron chi connectivity index (χ0n) is 11.7. The molecule has 0 aromatic carbocycles. The molecule has 0 aliphatic carbocycles. The number of carbonyl (C=O) groups is 1. The number of aromatic nitrogens is 1. The number of amides is 1. The highest BCUT2D eigenvalue weighted by Gasteiger charge is 2.19. The number of hydrogen-bond donors (Lipinski definition) is 0. The molecule has 3 nitrogen and oxygen atoms in total. The molecular weight excluding hydrogens is 212 g/mol. The SMILES string of the molecule is CC.CC(=O)N1Cc2ccncc2C1.CCC. The first-order chi connectivity index (χ1) is 8.19. The third-order valence-corrected chi connectivity index (χ3v) is 2.17. The fourth-order valence-electron chi connectivity index (χ4n) is 1.44. The van der Waals surface area contributed by atoms with Gasteiger partial charge in [0.15, 0.2) is 0 Å². The Morgan fingerprint density at radius 2 is 1.82 bits per heavy atom. The summed E-state index contributed by atoms with van der Waals surface area (Å²) in [7, 11) is 0. The third-order valence-electron chi connectivity index (χ3n) is 2.17. The van der Waals surface area contributed by atoms with Crippen molar-refractivity contribution in [1.29, 1.82) is 0 Å². The van der Waals surface area contributed by atoms with Gasteiger partial charge in [-0.3, -0.25) is 9.78 Å². The summed E-state index contributed by atoms with van der Waals surface area (Å²) < 4.78 is 0. The number of nitrogens with zero attached hydrogens (tertiary/aromatic N) is 2. The van der Waals surface area contributed by atoms with Crippen LogP contribution in [0.2, 0.25) is 0 Å². The van der Waals surface area contributed by atoms with E-state index in [-0.39, 0.29) is 5.91 Å². The third kappa shape index (κ3) is 4.98. The molecule has 0 atom stereocenters. The molecule has 1 amide bonds. The normalized spacial score (nSPS) is 11.7. The number of hydrogen-bond acceptors (Lipinski definition) is 2. The zero-order valence-corrected chi connectivity index (χ0v) is 11.7. The van der Waals surface area contributed by atoms with E-state index in [1.54, 1.807) is 13.1 Å². The van der Waals surface area contributed by atoms with Crippen LogP contribution in [0.5, 0.6) is 0 Å². The summed E-state index contributed by atoms with van der Waals surface area (Å²) in [4.78, 5) is 16.8. The van der Waals surface area contributed by atoms with Crippen molar-refractivity contribution in [3.05, 3.63) is 29.6 Å². The molecule has 1 aromatic rings. The molecule has 0 spiro atoms. The molecule has 0 fully saturated rings. The Kier molecular flexibility index (Phi) is 8.03. The van der Waals surface area contributed by atoms with Crippen LogP contribution in [0.4, 0.5) is 0 Å². The lowest BCUT2D eigenvalue weighted by atomic mass is 10.2. The maximum atomic E-state index is 11.0. The standard InChI is InChI=1S/C9H10N2O.C3H8.C2H6/c1-7(12)11-5-8-2-3-10-4-9(8)6-11;1-3-2;1-2/h2-4H,5-6H2,1H3;3H2,1-2H3;1-2H3. The average Bonchev–Trinajstić information content (AvgIpc) is 2.76. The van der Waals surface area contributed by atoms with Gasteiger partial charge in [0, 0.05) is 32.4 Å². The van der Waals surface area contributed by atoms with Crippen LogP contribution >= 0.6 is 0 Å². The smallest absolute Gasteiger partial charge is 0.220 e. The van der Waals surface area contributed by atoms with Crippen molar-refractivity contribution in [2.75, 3.05) is 0 Å². The van der Waals surface area contributed by atoms with Crippen LogP contribution in [-0.2, 0) is 17.9 Å². The van der Waals surface area contributed by atoms with Gasteiger partial charge in [0.1, 0.15) is 0 Å². The van der Waals surface area contributed by atoms with E-state index < -0.39 is 0 Å². The highest BCUT2D eigenvalue weighted by Crippen LogP contribution is 2.20. The summed E-state index contributed by atoms with van der Waals surface area (Å²) in [5.74, 6) is 0.131. The summed E-state index contributed by atoms with van der Waals surface area (Å²) in [6.07, 6.45) is 4.85. The molecule has 1 aliphatic rings. The van der Waals surface area contributed by atoms with Crippen LogP contribution in [0.3, 0.4) is 0 Å². The van der Waals surface area contributed by atoms with Crippen LogP contribution in [-0.4, -0.2) is 15.8 Å².